The Kier molecular flexibility index (Phi) is 5.55. The molecule has 0 atom stereocenters. The zero-order valence-corrected chi connectivity index (χ0v) is 21.0. The molecule has 0 radical (unpaired) electrons. The van der Waals surface area contributed by atoms with Crippen molar-refractivity contribution in [2.24, 2.45) is 10.4 Å². The monoisotopic (exact) mass is 476 g/mol. The molecule has 0 saturated heterocycles. The Morgan fingerprint density at radius 3 is 2.41 bits per heavy atom. The fourth-order valence-corrected chi connectivity index (χ4v) is 5.74. The normalized spacial score (nSPS) is 16.9. The molecular formula is C27H29FN4OS. The number of aromatic nitrogens is 1. The van der Waals surface area contributed by atoms with Gasteiger partial charge in [0.1, 0.15) is 5.82 Å². The number of carbonyl (C=O) groups is 1. The van der Waals surface area contributed by atoms with Gasteiger partial charge in [-0.3, -0.25) is 14.7 Å². The second-order valence-corrected chi connectivity index (χ2v) is 11.0. The quantitative estimate of drug-likeness (QED) is 0.483. The van der Waals surface area contributed by atoms with Crippen molar-refractivity contribution in [1.29, 1.82) is 0 Å². The van der Waals surface area contributed by atoms with Gasteiger partial charge >= 0.3 is 0 Å². The first-order valence-corrected chi connectivity index (χ1v) is 12.3. The van der Waals surface area contributed by atoms with E-state index in [-0.39, 0.29) is 17.1 Å². The van der Waals surface area contributed by atoms with E-state index in [0.29, 0.717) is 24.6 Å². The Hall–Kier alpha value is -3.06. The van der Waals surface area contributed by atoms with Gasteiger partial charge in [-0.2, -0.15) is 0 Å². The Morgan fingerprint density at radius 2 is 1.74 bits per heavy atom. The van der Waals surface area contributed by atoms with E-state index in [2.05, 4.69) is 61.4 Å². The van der Waals surface area contributed by atoms with E-state index >= 15 is 0 Å². The van der Waals surface area contributed by atoms with Gasteiger partial charge in [0.05, 0.1) is 16.3 Å². The molecule has 0 spiro atoms. The molecule has 7 heteroatoms. The SMILES string of the molecule is Cc1ccc(Cn2c(C)c3c(c2Sc2ccc(F)cc2)C(=O)N(C)C2=NCC(C)(C)CN23)cc1. The molecule has 1 amide bonds. The number of rotatable bonds is 4. The maximum atomic E-state index is 13.7. The third-order valence-electron chi connectivity index (χ3n) is 6.50. The predicted molar refractivity (Wildman–Crippen MR) is 135 cm³/mol. The predicted octanol–water partition coefficient (Wildman–Crippen LogP) is 5.73. The molecule has 2 aliphatic rings. The smallest absolute Gasteiger partial charge is 0.265 e. The van der Waals surface area contributed by atoms with Crippen LogP contribution in [0.1, 0.15) is 41.0 Å². The first kappa shape index (κ1) is 22.7. The van der Waals surface area contributed by atoms with Gasteiger partial charge in [0, 0.05) is 42.7 Å². The van der Waals surface area contributed by atoms with Crippen LogP contribution in [0.5, 0.6) is 0 Å². The highest BCUT2D eigenvalue weighted by Gasteiger charge is 2.43. The summed E-state index contributed by atoms with van der Waals surface area (Å²) in [6, 6.07) is 14.9. The van der Waals surface area contributed by atoms with Crippen LogP contribution in [-0.4, -0.2) is 41.5 Å². The minimum absolute atomic E-state index is 0.00222. The summed E-state index contributed by atoms with van der Waals surface area (Å²) in [6.45, 7) is 10.7. The van der Waals surface area contributed by atoms with Gasteiger partial charge in [0.15, 0.2) is 0 Å². The molecular weight excluding hydrogens is 447 g/mol. The standard InChI is InChI=1S/C27H29FN4OS/c1-17-6-8-19(9-7-17)14-31-18(2)23-22(25(31)34-21-12-10-20(28)11-13-21)24(33)30(5)26-29-15-27(3,4)16-32(23)26/h6-13H,14-16H2,1-5H3. The molecule has 3 aromatic rings. The molecule has 0 bridgehead atoms. The van der Waals surface area contributed by atoms with Crippen molar-refractivity contribution < 1.29 is 9.18 Å². The summed E-state index contributed by atoms with van der Waals surface area (Å²) in [4.78, 5) is 23.2. The molecule has 0 N–H and O–H groups in total. The summed E-state index contributed by atoms with van der Waals surface area (Å²) in [6.07, 6.45) is 0. The fourth-order valence-electron chi connectivity index (χ4n) is 4.65. The maximum absolute atomic E-state index is 13.7. The number of benzene rings is 2. The zero-order chi connectivity index (χ0) is 24.2. The van der Waals surface area contributed by atoms with E-state index in [1.54, 1.807) is 24.1 Å². The largest absolute Gasteiger partial charge is 0.333 e. The van der Waals surface area contributed by atoms with Gasteiger partial charge in [-0.25, -0.2) is 4.39 Å². The summed E-state index contributed by atoms with van der Waals surface area (Å²) in [5.74, 6) is 0.385. The van der Waals surface area contributed by atoms with Crippen LogP contribution in [-0.2, 0) is 6.54 Å². The molecule has 0 saturated carbocycles. The molecule has 2 aliphatic heterocycles. The van der Waals surface area contributed by atoms with Crippen LogP contribution in [0.15, 0.2) is 63.4 Å². The first-order valence-electron chi connectivity index (χ1n) is 11.5. The maximum Gasteiger partial charge on any atom is 0.265 e. The van der Waals surface area contributed by atoms with Crippen molar-refractivity contribution in [3.63, 3.8) is 0 Å². The summed E-state index contributed by atoms with van der Waals surface area (Å²) >= 11 is 1.51. The van der Waals surface area contributed by atoms with Crippen molar-refractivity contribution in [2.75, 3.05) is 25.0 Å². The number of guanidine groups is 1. The highest BCUT2D eigenvalue weighted by Crippen LogP contribution is 2.45. The molecule has 0 unspecified atom stereocenters. The average molecular weight is 477 g/mol. The van der Waals surface area contributed by atoms with Crippen LogP contribution in [0.25, 0.3) is 0 Å². The summed E-state index contributed by atoms with van der Waals surface area (Å²) < 4.78 is 15.8. The molecule has 5 rings (SSSR count). The third kappa shape index (κ3) is 3.92. The van der Waals surface area contributed by atoms with Gasteiger partial charge in [0.2, 0.25) is 5.96 Å². The minimum atomic E-state index is -0.273. The molecule has 34 heavy (non-hydrogen) atoms. The lowest BCUT2D eigenvalue weighted by Crippen LogP contribution is -2.56. The lowest BCUT2D eigenvalue weighted by Gasteiger charge is -2.43. The second-order valence-electron chi connectivity index (χ2n) is 9.97. The number of halogens is 1. The highest BCUT2D eigenvalue weighted by atomic mass is 32.2. The Morgan fingerprint density at radius 1 is 1.06 bits per heavy atom. The third-order valence-corrected chi connectivity index (χ3v) is 7.62. The number of hydrogen-bond acceptors (Lipinski definition) is 4. The highest BCUT2D eigenvalue weighted by molar-refractivity contribution is 7.99. The first-order chi connectivity index (χ1) is 16.1. The van der Waals surface area contributed by atoms with Crippen molar-refractivity contribution in [3.05, 3.63) is 76.7 Å². The zero-order valence-electron chi connectivity index (χ0n) is 20.2. The summed E-state index contributed by atoms with van der Waals surface area (Å²) in [5, 5.41) is 0.874. The molecule has 0 aliphatic carbocycles. The summed E-state index contributed by atoms with van der Waals surface area (Å²) in [5.41, 5.74) is 5.03. The average Bonchev–Trinajstić information content (AvgIpc) is 3.06. The van der Waals surface area contributed by atoms with Crippen molar-refractivity contribution in [3.8, 4) is 0 Å². The number of fused-ring (bicyclic) bond motifs is 3. The second kappa shape index (κ2) is 8.31. The van der Waals surface area contributed by atoms with Gasteiger partial charge in [-0.05, 0) is 43.7 Å². The van der Waals surface area contributed by atoms with E-state index in [0.717, 1.165) is 33.4 Å². The van der Waals surface area contributed by atoms with Gasteiger partial charge in [-0.15, -0.1) is 0 Å². The number of aliphatic imine (C=N–C) groups is 1. The number of aryl methyl sites for hydroxylation is 1. The van der Waals surface area contributed by atoms with Crippen LogP contribution < -0.4 is 4.90 Å². The Labute approximate surface area is 204 Å². The van der Waals surface area contributed by atoms with Crippen molar-refractivity contribution in [2.45, 2.75) is 44.2 Å². The Balaban J connectivity index is 1.69. The lowest BCUT2D eigenvalue weighted by atomic mass is 9.90. The summed E-state index contributed by atoms with van der Waals surface area (Å²) in [7, 11) is 1.80. The molecule has 0 fully saturated rings. The van der Waals surface area contributed by atoms with E-state index in [9.17, 15) is 9.18 Å². The number of carbonyl (C=O) groups excluding carboxylic acids is 1. The van der Waals surface area contributed by atoms with Gasteiger partial charge < -0.3 is 9.47 Å². The van der Waals surface area contributed by atoms with Crippen molar-refractivity contribution in [1.82, 2.24) is 9.47 Å². The van der Waals surface area contributed by atoms with Gasteiger partial charge in [-0.1, -0.05) is 55.4 Å². The fraction of sp³-hybridized carbons (Fsp3) is 0.333. The van der Waals surface area contributed by atoms with Crippen LogP contribution in [0.2, 0.25) is 0 Å². The number of nitrogens with zero attached hydrogens (tertiary/aromatic N) is 4. The minimum Gasteiger partial charge on any atom is -0.333 e. The van der Waals surface area contributed by atoms with Gasteiger partial charge in [0.25, 0.3) is 5.91 Å². The lowest BCUT2D eigenvalue weighted by molar-refractivity contribution is 0.0857. The van der Waals surface area contributed by atoms with E-state index in [1.807, 2.05) is 0 Å². The van der Waals surface area contributed by atoms with Crippen LogP contribution in [0.3, 0.4) is 0 Å². The Bertz CT molecular complexity index is 1290. The van der Waals surface area contributed by atoms with Crippen LogP contribution in [0.4, 0.5) is 10.1 Å². The van der Waals surface area contributed by atoms with E-state index < -0.39 is 0 Å². The van der Waals surface area contributed by atoms with Crippen molar-refractivity contribution >= 4 is 29.3 Å². The number of hydrogen-bond donors (Lipinski definition) is 0. The number of amides is 1. The molecule has 176 valence electrons. The molecule has 5 nitrogen and oxygen atoms in total. The van der Waals surface area contributed by atoms with E-state index in [1.165, 1.54) is 29.5 Å². The van der Waals surface area contributed by atoms with Crippen LogP contribution in [0, 0.1) is 25.1 Å². The number of anilines is 1. The molecule has 3 heterocycles. The van der Waals surface area contributed by atoms with E-state index in [4.69, 9.17) is 4.99 Å². The molecule has 1 aromatic heterocycles. The topological polar surface area (TPSA) is 40.8 Å². The molecule has 2 aromatic carbocycles. The van der Waals surface area contributed by atoms with Crippen LogP contribution >= 0.6 is 11.8 Å².